The van der Waals surface area contributed by atoms with E-state index in [0.29, 0.717) is 59.7 Å². The maximum absolute atomic E-state index is 14.1. The van der Waals surface area contributed by atoms with Crippen molar-refractivity contribution in [1.29, 1.82) is 0 Å². The van der Waals surface area contributed by atoms with Crippen LogP contribution in [0.5, 0.6) is 23.0 Å². The molecule has 0 fully saturated rings. The van der Waals surface area contributed by atoms with E-state index >= 15 is 0 Å². The highest BCUT2D eigenvalue weighted by molar-refractivity contribution is 6.07. The van der Waals surface area contributed by atoms with Gasteiger partial charge in [0.05, 0.1) is 62.0 Å². The molecule has 4 heterocycles. The third kappa shape index (κ3) is 8.27. The Morgan fingerprint density at radius 3 is 2.14 bits per heavy atom. The van der Waals surface area contributed by atoms with E-state index in [1.807, 2.05) is 44.4 Å². The number of anilines is 2. The lowest BCUT2D eigenvalue weighted by atomic mass is 10.1. The Labute approximate surface area is 341 Å². The number of nitrogens with zero attached hydrogens (tertiary/aromatic N) is 4. The second kappa shape index (κ2) is 17.7. The van der Waals surface area contributed by atoms with Crippen LogP contribution in [-0.4, -0.2) is 91.2 Å². The first kappa shape index (κ1) is 40.3. The van der Waals surface area contributed by atoms with Crippen molar-refractivity contribution in [2.75, 3.05) is 37.7 Å². The summed E-state index contributed by atoms with van der Waals surface area (Å²) in [7, 11) is 2.95. The van der Waals surface area contributed by atoms with Gasteiger partial charge in [0.25, 0.3) is 11.8 Å². The Balaban J connectivity index is 1.08. The minimum absolute atomic E-state index is 0.0827. The highest BCUT2D eigenvalue weighted by Gasteiger charge is 2.45. The van der Waals surface area contributed by atoms with Crippen molar-refractivity contribution >= 4 is 47.6 Å². The van der Waals surface area contributed by atoms with Gasteiger partial charge < -0.3 is 43.9 Å². The third-order valence-corrected chi connectivity index (χ3v) is 10.3. The van der Waals surface area contributed by atoms with Crippen molar-refractivity contribution in [2.45, 2.75) is 58.0 Å². The Morgan fingerprint density at radius 2 is 1.47 bits per heavy atom. The van der Waals surface area contributed by atoms with Crippen LogP contribution in [0, 0.1) is 0 Å². The Morgan fingerprint density at radius 1 is 0.847 bits per heavy atom. The van der Waals surface area contributed by atoms with Gasteiger partial charge in [-0.1, -0.05) is 36.4 Å². The van der Waals surface area contributed by atoms with Crippen molar-refractivity contribution in [3.8, 4) is 23.0 Å². The van der Waals surface area contributed by atoms with E-state index < -0.39 is 24.3 Å². The summed E-state index contributed by atoms with van der Waals surface area (Å²) in [6.45, 7) is 3.98. The van der Waals surface area contributed by atoms with Gasteiger partial charge in [-0.3, -0.25) is 19.4 Å². The molecule has 0 radical (unpaired) electrons. The van der Waals surface area contributed by atoms with Crippen molar-refractivity contribution in [3.63, 3.8) is 0 Å². The molecule has 306 valence electrons. The van der Waals surface area contributed by atoms with Crippen LogP contribution >= 0.6 is 0 Å². The highest BCUT2D eigenvalue weighted by Crippen LogP contribution is 2.43. The van der Waals surface area contributed by atoms with Crippen LogP contribution in [0.25, 0.3) is 0 Å². The number of methoxy groups -OCH3 is 2. The number of nitrogens with one attached hydrogen (secondary N) is 1. The minimum Gasteiger partial charge on any atom is -0.493 e. The van der Waals surface area contributed by atoms with Crippen molar-refractivity contribution in [2.24, 2.45) is 4.99 Å². The molecule has 7 rings (SSSR count). The van der Waals surface area contributed by atoms with E-state index in [-0.39, 0.29) is 54.5 Å². The lowest BCUT2D eigenvalue weighted by Gasteiger charge is -2.31. The van der Waals surface area contributed by atoms with Crippen molar-refractivity contribution < 1.29 is 48.0 Å². The molecular weight excluding hydrogens is 759 g/mol. The highest BCUT2D eigenvalue weighted by atomic mass is 16.6. The molecule has 15 heteroatoms. The van der Waals surface area contributed by atoms with Gasteiger partial charge in [0.1, 0.15) is 6.61 Å². The molecular formula is C44H45N5O10. The SMILES string of the molecule is C/C=C/C1=CN2C(=O)c3cc(OC)c(OCCCOc4cc5c(cc4OC)C(=O)N4C=C(/C=C/C)CC4C(O)N5C(=O)OCc4ccc(NC=O)cc4)cc3N=CC2C1. The topological polar surface area (TPSA) is 169 Å². The molecule has 3 aromatic rings. The molecule has 4 aliphatic rings. The Bertz CT molecular complexity index is 2280. The molecule has 0 bridgehead atoms. The summed E-state index contributed by atoms with van der Waals surface area (Å²) in [6.07, 6.45) is 12.5. The van der Waals surface area contributed by atoms with Crippen LogP contribution in [0.1, 0.15) is 59.4 Å². The van der Waals surface area contributed by atoms with Gasteiger partial charge in [-0.05, 0) is 67.7 Å². The van der Waals surface area contributed by atoms with Gasteiger partial charge in [0.15, 0.2) is 29.2 Å². The van der Waals surface area contributed by atoms with Gasteiger partial charge in [-0.25, -0.2) is 9.69 Å². The van der Waals surface area contributed by atoms with Gasteiger partial charge in [0, 0.05) is 42.9 Å². The van der Waals surface area contributed by atoms with Crippen molar-refractivity contribution in [3.05, 3.63) is 113 Å². The zero-order chi connectivity index (χ0) is 41.6. The molecule has 0 saturated carbocycles. The fraction of sp³-hybridized carbons (Fsp3) is 0.295. The number of benzene rings is 3. The summed E-state index contributed by atoms with van der Waals surface area (Å²) in [6, 6.07) is 12.1. The van der Waals surface area contributed by atoms with Gasteiger partial charge in [0.2, 0.25) is 6.41 Å². The molecule has 3 unspecified atom stereocenters. The lowest BCUT2D eigenvalue weighted by Crippen LogP contribution is -2.50. The molecule has 0 aliphatic carbocycles. The van der Waals surface area contributed by atoms with E-state index in [0.717, 1.165) is 16.0 Å². The molecule has 15 nitrogen and oxygen atoms in total. The average Bonchev–Trinajstić information content (AvgIpc) is 3.81. The molecule has 0 saturated heterocycles. The number of ether oxygens (including phenoxy) is 5. The number of aliphatic hydroxyl groups is 1. The van der Waals surface area contributed by atoms with Crippen LogP contribution in [0.3, 0.4) is 0 Å². The number of allylic oxidation sites excluding steroid dienone is 4. The summed E-state index contributed by atoms with van der Waals surface area (Å²) in [4.78, 5) is 61.2. The van der Waals surface area contributed by atoms with Crippen molar-refractivity contribution in [1.82, 2.24) is 9.80 Å². The second-order valence-corrected chi connectivity index (χ2v) is 14.0. The summed E-state index contributed by atoms with van der Waals surface area (Å²) < 4.78 is 29.2. The molecule has 0 spiro atoms. The first-order valence-corrected chi connectivity index (χ1v) is 19.2. The van der Waals surface area contributed by atoms with Crippen LogP contribution < -0.4 is 29.2 Å². The smallest absolute Gasteiger partial charge is 0.416 e. The number of aliphatic imine (C=N–C) groups is 1. The predicted molar refractivity (Wildman–Crippen MR) is 219 cm³/mol. The molecule has 3 aromatic carbocycles. The number of rotatable bonds is 14. The molecule has 3 atom stereocenters. The van der Waals surface area contributed by atoms with Crippen LogP contribution in [-0.2, 0) is 16.1 Å². The fourth-order valence-electron chi connectivity index (χ4n) is 7.44. The number of hydrogen-bond donors (Lipinski definition) is 2. The van der Waals surface area contributed by atoms with E-state index in [2.05, 4.69) is 10.3 Å². The van der Waals surface area contributed by atoms with Gasteiger partial charge >= 0.3 is 6.09 Å². The number of hydrogen-bond acceptors (Lipinski definition) is 11. The summed E-state index contributed by atoms with van der Waals surface area (Å²) in [5.74, 6) is 0.636. The van der Waals surface area contributed by atoms with E-state index in [4.69, 9.17) is 23.7 Å². The summed E-state index contributed by atoms with van der Waals surface area (Å²) in [5, 5.41) is 14.4. The summed E-state index contributed by atoms with van der Waals surface area (Å²) >= 11 is 0. The molecule has 4 aliphatic heterocycles. The first-order chi connectivity index (χ1) is 28.7. The maximum Gasteiger partial charge on any atom is 0.416 e. The third-order valence-electron chi connectivity index (χ3n) is 10.3. The van der Waals surface area contributed by atoms with E-state index in [9.17, 15) is 24.3 Å². The largest absolute Gasteiger partial charge is 0.493 e. The number of amides is 4. The Hall–Kier alpha value is -6.87. The zero-order valence-corrected chi connectivity index (χ0v) is 33.1. The normalized spacial score (nSPS) is 19.3. The van der Waals surface area contributed by atoms with E-state index in [1.54, 1.807) is 53.7 Å². The first-order valence-electron chi connectivity index (χ1n) is 19.2. The maximum atomic E-state index is 14.1. The number of carbonyl (C=O) groups excluding carboxylic acids is 4. The molecule has 4 amide bonds. The monoisotopic (exact) mass is 803 g/mol. The minimum atomic E-state index is -1.49. The number of aliphatic hydroxyl groups excluding tert-OH is 1. The van der Waals surface area contributed by atoms with Crippen LogP contribution in [0.4, 0.5) is 21.9 Å². The number of carbonyl (C=O) groups is 4. The molecule has 0 aromatic heterocycles. The van der Waals surface area contributed by atoms with Gasteiger partial charge in [-0.2, -0.15) is 0 Å². The van der Waals surface area contributed by atoms with Gasteiger partial charge in [-0.15, -0.1) is 0 Å². The quantitative estimate of drug-likeness (QED) is 0.133. The van der Waals surface area contributed by atoms with Crippen LogP contribution in [0.2, 0.25) is 0 Å². The number of fused-ring (bicyclic) bond motifs is 4. The van der Waals surface area contributed by atoms with E-state index in [1.165, 1.54) is 31.3 Å². The zero-order valence-electron chi connectivity index (χ0n) is 33.1. The summed E-state index contributed by atoms with van der Waals surface area (Å²) in [5.41, 5.74) is 4.13. The van der Waals surface area contributed by atoms with Crippen LogP contribution in [0.15, 0.2) is 101 Å². The predicted octanol–water partition coefficient (Wildman–Crippen LogP) is 6.66. The average molecular weight is 804 g/mol. The molecule has 59 heavy (non-hydrogen) atoms. The fourth-order valence-corrected chi connectivity index (χ4v) is 7.44. The standard InChI is InChI=1S/C44H45N5O10/c1-5-8-28-16-31-22-45-34-20-39(37(55-3)18-32(34)41(51)47(31)23-28)57-14-7-15-58-40-21-35-33(19-38(40)56-4)42(52)48-24-29(9-6-2)17-36(48)43(53)49(35)44(54)59-25-27-10-12-30(13-11-27)46-26-50/h5-6,8-13,18-24,26,31,36,43,53H,7,14-17,25H2,1-4H3,(H,46,50)/b8-5+,9-6+. The lowest BCUT2D eigenvalue weighted by molar-refractivity contribution is -0.105. The Kier molecular flexibility index (Phi) is 12.1. The molecule has 2 N–H and O–H groups in total. The second-order valence-electron chi connectivity index (χ2n) is 14.0.